The number of hydrogen-bond donors (Lipinski definition) is 2. The van der Waals surface area contributed by atoms with E-state index in [-0.39, 0.29) is 17.6 Å². The SMILES string of the molecule is CC(=O)Nc1cccc(-n2cnnc2SCC(=O)Nc2ccc(C)c(Cl)c2)c1. The van der Waals surface area contributed by atoms with Gasteiger partial charge >= 0.3 is 0 Å². The summed E-state index contributed by atoms with van der Waals surface area (Å²) in [5.41, 5.74) is 3.04. The lowest BCUT2D eigenvalue weighted by atomic mass is 10.2. The molecule has 0 spiro atoms. The van der Waals surface area contributed by atoms with Gasteiger partial charge in [0, 0.05) is 23.3 Å². The molecule has 9 heteroatoms. The summed E-state index contributed by atoms with van der Waals surface area (Å²) in [7, 11) is 0. The van der Waals surface area contributed by atoms with Crippen molar-refractivity contribution in [3.8, 4) is 5.69 Å². The fraction of sp³-hybridized carbons (Fsp3) is 0.158. The molecule has 2 N–H and O–H groups in total. The summed E-state index contributed by atoms with van der Waals surface area (Å²) in [6, 6.07) is 12.7. The van der Waals surface area contributed by atoms with Gasteiger partial charge in [-0.05, 0) is 42.8 Å². The number of nitrogens with one attached hydrogen (secondary N) is 2. The lowest BCUT2D eigenvalue weighted by Crippen LogP contribution is -2.14. The number of aromatic nitrogens is 3. The van der Waals surface area contributed by atoms with Gasteiger partial charge in [-0.25, -0.2) is 0 Å². The summed E-state index contributed by atoms with van der Waals surface area (Å²) in [5, 5.41) is 14.7. The van der Waals surface area contributed by atoms with Gasteiger partial charge in [0.25, 0.3) is 0 Å². The number of anilines is 2. The summed E-state index contributed by atoms with van der Waals surface area (Å²) in [6.07, 6.45) is 1.56. The van der Waals surface area contributed by atoms with Crippen LogP contribution in [0.3, 0.4) is 0 Å². The molecule has 2 aromatic carbocycles. The Balaban J connectivity index is 1.66. The van der Waals surface area contributed by atoms with Crippen molar-refractivity contribution >= 4 is 46.6 Å². The maximum atomic E-state index is 12.2. The predicted molar refractivity (Wildman–Crippen MR) is 111 cm³/mol. The molecule has 0 saturated carbocycles. The smallest absolute Gasteiger partial charge is 0.234 e. The molecule has 0 atom stereocenters. The third-order valence-electron chi connectivity index (χ3n) is 3.75. The van der Waals surface area contributed by atoms with Gasteiger partial charge in [0.05, 0.1) is 11.4 Å². The van der Waals surface area contributed by atoms with Crippen molar-refractivity contribution in [1.82, 2.24) is 14.8 Å². The summed E-state index contributed by atoms with van der Waals surface area (Å²) in [5.74, 6) is -0.162. The number of nitrogens with zero attached hydrogens (tertiary/aromatic N) is 3. The number of carbonyl (C=O) groups excluding carboxylic acids is 2. The van der Waals surface area contributed by atoms with Gasteiger partial charge in [0.2, 0.25) is 11.8 Å². The van der Waals surface area contributed by atoms with Crippen molar-refractivity contribution in [3.63, 3.8) is 0 Å². The van der Waals surface area contributed by atoms with Gasteiger partial charge < -0.3 is 10.6 Å². The highest BCUT2D eigenvalue weighted by Gasteiger charge is 2.11. The molecule has 2 amide bonds. The van der Waals surface area contributed by atoms with Gasteiger partial charge in [-0.15, -0.1) is 10.2 Å². The average Bonchev–Trinajstić information content (AvgIpc) is 3.11. The molecule has 3 aromatic rings. The molecule has 0 fully saturated rings. The largest absolute Gasteiger partial charge is 0.326 e. The Hall–Kier alpha value is -2.84. The Morgan fingerprint density at radius 3 is 2.68 bits per heavy atom. The second-order valence-corrected chi connectivity index (χ2v) is 7.37. The Labute approximate surface area is 171 Å². The van der Waals surface area contributed by atoms with Crippen molar-refractivity contribution in [1.29, 1.82) is 0 Å². The second-order valence-electron chi connectivity index (χ2n) is 6.02. The van der Waals surface area contributed by atoms with Crippen LogP contribution in [-0.2, 0) is 9.59 Å². The van der Waals surface area contributed by atoms with Crippen LogP contribution in [0.15, 0.2) is 53.9 Å². The highest BCUT2D eigenvalue weighted by atomic mass is 35.5. The number of halogens is 1. The monoisotopic (exact) mass is 415 g/mol. The van der Waals surface area contributed by atoms with Gasteiger partial charge in [0.15, 0.2) is 5.16 Å². The van der Waals surface area contributed by atoms with Gasteiger partial charge in [0.1, 0.15) is 6.33 Å². The molecule has 144 valence electrons. The van der Waals surface area contributed by atoms with Gasteiger partial charge in [-0.2, -0.15) is 0 Å². The molecular weight excluding hydrogens is 398 g/mol. The van der Waals surface area contributed by atoms with E-state index >= 15 is 0 Å². The molecule has 28 heavy (non-hydrogen) atoms. The Morgan fingerprint density at radius 1 is 1.14 bits per heavy atom. The van der Waals surface area contributed by atoms with Crippen LogP contribution in [0, 0.1) is 6.92 Å². The Kier molecular flexibility index (Phi) is 6.33. The Bertz CT molecular complexity index is 1020. The summed E-state index contributed by atoms with van der Waals surface area (Å²) < 4.78 is 1.76. The van der Waals surface area contributed by atoms with Crippen molar-refractivity contribution in [2.75, 3.05) is 16.4 Å². The van der Waals surface area contributed by atoms with Crippen molar-refractivity contribution in [3.05, 3.63) is 59.4 Å². The fourth-order valence-electron chi connectivity index (χ4n) is 2.43. The topological polar surface area (TPSA) is 88.9 Å². The first-order valence-corrected chi connectivity index (χ1v) is 9.75. The molecule has 0 aliphatic carbocycles. The van der Waals surface area contributed by atoms with E-state index in [1.807, 2.05) is 31.2 Å². The first-order chi connectivity index (χ1) is 13.4. The zero-order valence-electron chi connectivity index (χ0n) is 15.3. The minimum Gasteiger partial charge on any atom is -0.326 e. The standard InChI is InChI=1S/C19H18ClN5O2S/c1-12-6-7-15(9-17(12)20)23-18(27)10-28-19-24-21-11-25(19)16-5-3-4-14(8-16)22-13(2)26/h3-9,11H,10H2,1-2H3,(H,22,26)(H,23,27). The number of thioether (sulfide) groups is 1. The molecule has 7 nitrogen and oxygen atoms in total. The minimum absolute atomic E-state index is 0.150. The van der Waals surface area contributed by atoms with Crippen LogP contribution in [0.5, 0.6) is 0 Å². The Morgan fingerprint density at radius 2 is 1.93 bits per heavy atom. The zero-order valence-corrected chi connectivity index (χ0v) is 16.8. The first kappa shape index (κ1) is 19.9. The number of benzene rings is 2. The molecule has 1 aromatic heterocycles. The van der Waals surface area contributed by atoms with E-state index in [2.05, 4.69) is 20.8 Å². The molecule has 0 radical (unpaired) electrons. The first-order valence-electron chi connectivity index (χ1n) is 8.39. The van der Waals surface area contributed by atoms with E-state index in [9.17, 15) is 9.59 Å². The van der Waals surface area contributed by atoms with E-state index in [0.29, 0.717) is 21.6 Å². The maximum absolute atomic E-state index is 12.2. The fourth-order valence-corrected chi connectivity index (χ4v) is 3.34. The van der Waals surface area contributed by atoms with Crippen LogP contribution >= 0.6 is 23.4 Å². The lowest BCUT2D eigenvalue weighted by molar-refractivity contribution is -0.114. The van der Waals surface area contributed by atoms with E-state index in [1.54, 1.807) is 29.1 Å². The van der Waals surface area contributed by atoms with Crippen molar-refractivity contribution < 1.29 is 9.59 Å². The van der Waals surface area contributed by atoms with E-state index in [1.165, 1.54) is 18.7 Å². The van der Waals surface area contributed by atoms with Crippen LogP contribution in [0.4, 0.5) is 11.4 Å². The molecule has 1 heterocycles. The minimum atomic E-state index is -0.175. The number of hydrogen-bond acceptors (Lipinski definition) is 5. The predicted octanol–water partition coefficient (Wildman–Crippen LogP) is 3.92. The van der Waals surface area contributed by atoms with Crippen molar-refractivity contribution in [2.24, 2.45) is 0 Å². The van der Waals surface area contributed by atoms with Gasteiger partial charge in [-0.1, -0.05) is 35.5 Å². The molecule has 0 bridgehead atoms. The van der Waals surface area contributed by atoms with E-state index < -0.39 is 0 Å². The number of rotatable bonds is 6. The molecule has 0 unspecified atom stereocenters. The molecule has 0 aliphatic rings. The van der Waals surface area contributed by atoms with Crippen LogP contribution in [0.1, 0.15) is 12.5 Å². The van der Waals surface area contributed by atoms with Crippen LogP contribution in [-0.4, -0.2) is 32.3 Å². The van der Waals surface area contributed by atoms with Crippen LogP contribution in [0.2, 0.25) is 5.02 Å². The number of amides is 2. The molecule has 3 rings (SSSR count). The average molecular weight is 416 g/mol. The van der Waals surface area contributed by atoms with Crippen LogP contribution < -0.4 is 10.6 Å². The molecule has 0 aliphatic heterocycles. The van der Waals surface area contributed by atoms with Crippen LogP contribution in [0.25, 0.3) is 5.69 Å². The summed E-state index contributed by atoms with van der Waals surface area (Å²) in [6.45, 7) is 3.35. The van der Waals surface area contributed by atoms with Crippen molar-refractivity contribution in [2.45, 2.75) is 19.0 Å². The quantitative estimate of drug-likeness (QED) is 0.595. The lowest BCUT2D eigenvalue weighted by Gasteiger charge is -2.09. The highest BCUT2D eigenvalue weighted by molar-refractivity contribution is 7.99. The molecular formula is C19H18ClN5O2S. The third-order valence-corrected chi connectivity index (χ3v) is 5.10. The highest BCUT2D eigenvalue weighted by Crippen LogP contribution is 2.23. The van der Waals surface area contributed by atoms with E-state index in [0.717, 1.165) is 11.3 Å². The summed E-state index contributed by atoms with van der Waals surface area (Å²) >= 11 is 7.34. The third kappa shape index (κ3) is 5.11. The second kappa shape index (κ2) is 8.90. The normalized spacial score (nSPS) is 10.5. The maximum Gasteiger partial charge on any atom is 0.234 e. The number of aryl methyl sites for hydroxylation is 1. The van der Waals surface area contributed by atoms with Gasteiger partial charge in [-0.3, -0.25) is 14.2 Å². The summed E-state index contributed by atoms with van der Waals surface area (Å²) in [4.78, 5) is 23.5. The van der Waals surface area contributed by atoms with E-state index in [4.69, 9.17) is 11.6 Å². The molecule has 0 saturated heterocycles. The number of carbonyl (C=O) groups is 2. The zero-order chi connectivity index (χ0) is 20.1.